The highest BCUT2D eigenvalue weighted by atomic mass is 19.1. The molecule has 2 aromatic carbocycles. The first-order chi connectivity index (χ1) is 14.4. The van der Waals surface area contributed by atoms with E-state index in [2.05, 4.69) is 12.2 Å². The molecule has 0 radical (unpaired) electrons. The van der Waals surface area contributed by atoms with Crippen LogP contribution in [0, 0.1) is 5.82 Å². The molecular formula is C24H27FN2O3. The summed E-state index contributed by atoms with van der Waals surface area (Å²) < 4.78 is 25.9. The standard InChI is InChI=1S/C24H27FN2O3/c1-4-17-5-7-20-18(10-24(28)30-23(20)9-17)12-26-19-6-8-22(21(25)11-19)27-13-15(2)29-16(3)14-27/h5-11,15-16,26H,4,12-14H2,1-3H3/t15-,16-/m1/s1. The summed E-state index contributed by atoms with van der Waals surface area (Å²) in [4.78, 5) is 14.0. The molecule has 1 saturated heterocycles. The Bertz CT molecular complexity index is 1100. The van der Waals surface area contributed by atoms with Gasteiger partial charge in [-0.1, -0.05) is 19.1 Å². The number of fused-ring (bicyclic) bond motifs is 1. The van der Waals surface area contributed by atoms with Crippen LogP contribution in [0.1, 0.15) is 31.9 Å². The van der Waals surface area contributed by atoms with E-state index in [1.165, 1.54) is 12.1 Å². The number of rotatable bonds is 5. The minimum atomic E-state index is -0.385. The average Bonchev–Trinajstić information content (AvgIpc) is 2.70. The topological polar surface area (TPSA) is 54.7 Å². The van der Waals surface area contributed by atoms with E-state index in [4.69, 9.17) is 9.15 Å². The van der Waals surface area contributed by atoms with Gasteiger partial charge in [0, 0.05) is 36.8 Å². The molecule has 0 amide bonds. The summed E-state index contributed by atoms with van der Waals surface area (Å²) in [5, 5.41) is 4.12. The van der Waals surface area contributed by atoms with Gasteiger partial charge >= 0.3 is 5.63 Å². The molecule has 1 fully saturated rings. The van der Waals surface area contributed by atoms with E-state index in [-0.39, 0.29) is 23.7 Å². The fourth-order valence-corrected chi connectivity index (χ4v) is 4.09. The summed E-state index contributed by atoms with van der Waals surface area (Å²) in [7, 11) is 0. The summed E-state index contributed by atoms with van der Waals surface area (Å²) in [5.41, 5.74) is 3.38. The van der Waals surface area contributed by atoms with Gasteiger partial charge in [-0.05, 0) is 55.7 Å². The van der Waals surface area contributed by atoms with E-state index < -0.39 is 0 Å². The molecule has 30 heavy (non-hydrogen) atoms. The minimum Gasteiger partial charge on any atom is -0.423 e. The monoisotopic (exact) mass is 410 g/mol. The molecule has 1 N–H and O–H groups in total. The highest BCUT2D eigenvalue weighted by molar-refractivity contribution is 5.81. The summed E-state index contributed by atoms with van der Waals surface area (Å²) in [6.07, 6.45) is 1.00. The Labute approximate surface area is 175 Å². The van der Waals surface area contributed by atoms with Crippen LogP contribution in [0.2, 0.25) is 0 Å². The van der Waals surface area contributed by atoms with Crippen molar-refractivity contribution in [1.82, 2.24) is 0 Å². The van der Waals surface area contributed by atoms with Gasteiger partial charge in [0.1, 0.15) is 11.4 Å². The second kappa shape index (κ2) is 8.48. The van der Waals surface area contributed by atoms with Crippen LogP contribution < -0.4 is 15.8 Å². The third-order valence-corrected chi connectivity index (χ3v) is 5.49. The predicted molar refractivity (Wildman–Crippen MR) is 118 cm³/mol. The Balaban J connectivity index is 1.53. The van der Waals surface area contributed by atoms with Gasteiger partial charge < -0.3 is 19.4 Å². The number of nitrogens with zero attached hydrogens (tertiary/aromatic N) is 1. The molecule has 2 atom stereocenters. The number of benzene rings is 2. The molecule has 4 rings (SSSR count). The Morgan fingerprint density at radius 2 is 1.87 bits per heavy atom. The van der Waals surface area contributed by atoms with Gasteiger partial charge in [0.25, 0.3) is 0 Å². The number of hydrogen-bond acceptors (Lipinski definition) is 5. The molecule has 2 heterocycles. The maximum atomic E-state index is 14.8. The van der Waals surface area contributed by atoms with Crippen LogP contribution >= 0.6 is 0 Å². The van der Waals surface area contributed by atoms with Crippen LogP contribution in [-0.2, 0) is 17.7 Å². The smallest absolute Gasteiger partial charge is 0.336 e. The van der Waals surface area contributed by atoms with Crippen LogP contribution in [0.25, 0.3) is 11.0 Å². The van der Waals surface area contributed by atoms with Gasteiger partial charge in [0.2, 0.25) is 0 Å². The third-order valence-electron chi connectivity index (χ3n) is 5.49. The van der Waals surface area contributed by atoms with Gasteiger partial charge in [-0.25, -0.2) is 9.18 Å². The molecule has 3 aromatic rings. The van der Waals surface area contributed by atoms with Crippen LogP contribution in [0.3, 0.4) is 0 Å². The third kappa shape index (κ3) is 4.33. The van der Waals surface area contributed by atoms with Crippen molar-refractivity contribution in [2.45, 2.75) is 45.9 Å². The Kier molecular flexibility index (Phi) is 5.77. The molecule has 0 bridgehead atoms. The molecule has 5 nitrogen and oxygen atoms in total. The predicted octanol–water partition coefficient (Wildman–Crippen LogP) is 4.72. The fourth-order valence-electron chi connectivity index (χ4n) is 4.09. The number of aryl methyl sites for hydroxylation is 1. The van der Waals surface area contributed by atoms with Gasteiger partial charge in [-0.15, -0.1) is 0 Å². The summed E-state index contributed by atoms with van der Waals surface area (Å²) in [6, 6.07) is 12.6. The van der Waals surface area contributed by atoms with E-state index >= 15 is 0 Å². The van der Waals surface area contributed by atoms with Gasteiger partial charge in [-0.3, -0.25) is 0 Å². The maximum absolute atomic E-state index is 14.8. The lowest BCUT2D eigenvalue weighted by atomic mass is 10.1. The van der Waals surface area contributed by atoms with Crippen LogP contribution in [0.15, 0.2) is 51.7 Å². The number of morpholine rings is 1. The fraction of sp³-hybridized carbons (Fsp3) is 0.375. The second-order valence-electron chi connectivity index (χ2n) is 7.96. The normalized spacial score (nSPS) is 19.3. The zero-order valence-corrected chi connectivity index (χ0v) is 17.6. The van der Waals surface area contributed by atoms with E-state index in [1.54, 1.807) is 6.07 Å². The Morgan fingerprint density at radius 3 is 2.57 bits per heavy atom. The van der Waals surface area contributed by atoms with Crippen molar-refractivity contribution in [3.63, 3.8) is 0 Å². The van der Waals surface area contributed by atoms with Crippen molar-refractivity contribution in [1.29, 1.82) is 0 Å². The lowest BCUT2D eigenvalue weighted by Crippen LogP contribution is -2.45. The molecule has 158 valence electrons. The van der Waals surface area contributed by atoms with Crippen molar-refractivity contribution < 1.29 is 13.5 Å². The van der Waals surface area contributed by atoms with Crippen LogP contribution in [0.5, 0.6) is 0 Å². The van der Waals surface area contributed by atoms with Crippen molar-refractivity contribution in [3.8, 4) is 0 Å². The van der Waals surface area contributed by atoms with Crippen molar-refractivity contribution in [2.75, 3.05) is 23.3 Å². The van der Waals surface area contributed by atoms with Gasteiger partial charge in [-0.2, -0.15) is 0 Å². The molecule has 0 spiro atoms. The Hall–Kier alpha value is -2.86. The average molecular weight is 410 g/mol. The summed E-state index contributed by atoms with van der Waals surface area (Å²) >= 11 is 0. The van der Waals surface area contributed by atoms with E-state index in [1.807, 2.05) is 43.0 Å². The first-order valence-corrected chi connectivity index (χ1v) is 10.4. The lowest BCUT2D eigenvalue weighted by molar-refractivity contribution is -0.00539. The van der Waals surface area contributed by atoms with Gasteiger partial charge in [0.15, 0.2) is 0 Å². The van der Waals surface area contributed by atoms with E-state index in [0.717, 1.165) is 22.9 Å². The zero-order valence-electron chi connectivity index (χ0n) is 17.6. The molecule has 0 unspecified atom stereocenters. The van der Waals surface area contributed by atoms with E-state index in [0.29, 0.717) is 36.6 Å². The lowest BCUT2D eigenvalue weighted by Gasteiger charge is -2.37. The van der Waals surface area contributed by atoms with E-state index in [9.17, 15) is 9.18 Å². The molecule has 0 saturated carbocycles. The Morgan fingerprint density at radius 1 is 1.10 bits per heavy atom. The molecule has 1 aromatic heterocycles. The largest absolute Gasteiger partial charge is 0.423 e. The molecule has 6 heteroatoms. The SMILES string of the molecule is CCc1ccc2c(CNc3ccc(N4C[C@@H](C)O[C@H](C)C4)c(F)c3)cc(=O)oc2c1. The number of hydrogen-bond donors (Lipinski definition) is 1. The van der Waals surface area contributed by atoms with Gasteiger partial charge in [0.05, 0.1) is 17.9 Å². The summed E-state index contributed by atoms with van der Waals surface area (Å²) in [5.74, 6) is -0.272. The molecular weight excluding hydrogens is 383 g/mol. The summed E-state index contributed by atoms with van der Waals surface area (Å²) in [6.45, 7) is 7.79. The molecule has 0 aliphatic carbocycles. The number of ether oxygens (including phenoxy) is 1. The molecule has 1 aliphatic rings. The van der Waals surface area contributed by atoms with Crippen LogP contribution in [0.4, 0.5) is 15.8 Å². The molecule has 1 aliphatic heterocycles. The highest BCUT2D eigenvalue weighted by Crippen LogP contribution is 2.27. The van der Waals surface area contributed by atoms with Crippen molar-refractivity contribution in [3.05, 3.63) is 69.8 Å². The zero-order chi connectivity index (χ0) is 21.3. The number of nitrogens with one attached hydrogen (secondary N) is 1. The second-order valence-corrected chi connectivity index (χ2v) is 7.96. The minimum absolute atomic E-state index is 0.0669. The highest BCUT2D eigenvalue weighted by Gasteiger charge is 2.24. The first kappa shape index (κ1) is 20.4. The maximum Gasteiger partial charge on any atom is 0.336 e. The number of halogens is 1. The van der Waals surface area contributed by atoms with Crippen molar-refractivity contribution in [2.24, 2.45) is 0 Å². The van der Waals surface area contributed by atoms with Crippen molar-refractivity contribution >= 4 is 22.3 Å². The quantitative estimate of drug-likeness (QED) is 0.617. The van der Waals surface area contributed by atoms with Crippen LogP contribution in [-0.4, -0.2) is 25.3 Å². The number of anilines is 2. The first-order valence-electron chi connectivity index (χ1n) is 10.4.